The molecule has 0 aromatic carbocycles. The summed E-state index contributed by atoms with van der Waals surface area (Å²) in [5.41, 5.74) is 0. The molecule has 0 spiro atoms. The zero-order valence-electron chi connectivity index (χ0n) is 2.75. The van der Waals surface area contributed by atoms with Gasteiger partial charge in [0, 0.05) is 0 Å². The van der Waals surface area contributed by atoms with Crippen LogP contribution in [0.25, 0.3) is 0 Å². The molecule has 5 nitrogen and oxygen atoms in total. The summed E-state index contributed by atoms with van der Waals surface area (Å²) in [6, 6.07) is 0. The molecule has 0 aliphatic carbocycles. The Morgan fingerprint density at radius 1 is 0.833 bits per heavy atom. The molecule has 1 fully saturated rings. The lowest BCUT2D eigenvalue weighted by atomic mass is 11.5. The van der Waals surface area contributed by atoms with Crippen molar-refractivity contribution in [1.29, 1.82) is 0 Å². The summed E-state index contributed by atoms with van der Waals surface area (Å²) in [6.45, 7) is -0.0694. The molecule has 0 atom stereocenters. The third kappa shape index (κ3) is 0.886. The summed E-state index contributed by atoms with van der Waals surface area (Å²) in [5, 5.41) is 11.1. The van der Waals surface area contributed by atoms with Gasteiger partial charge in [0.2, 0.25) is 6.79 Å². The first-order valence-corrected chi connectivity index (χ1v) is 1.24. The van der Waals surface area contributed by atoms with E-state index in [1.54, 1.807) is 0 Å². The van der Waals surface area contributed by atoms with Gasteiger partial charge in [-0.25, -0.2) is 0 Å². The summed E-state index contributed by atoms with van der Waals surface area (Å²) in [4.78, 5) is 8.00. The first-order chi connectivity index (χ1) is 3.00. The molecule has 1 saturated heterocycles. The molecule has 0 saturated carbocycles. The highest BCUT2D eigenvalue weighted by atomic mass is 17.8. The maximum Gasteiger partial charge on any atom is 0.221 e. The van der Waals surface area contributed by atoms with E-state index in [2.05, 4.69) is 24.9 Å². The van der Waals surface area contributed by atoms with Gasteiger partial charge in [0.25, 0.3) is 0 Å². The lowest BCUT2D eigenvalue weighted by Crippen LogP contribution is -2.09. The minimum absolute atomic E-state index is 0.0694. The fourth-order valence-corrected chi connectivity index (χ4v) is 0.110. The average molecular weight is 94.0 g/mol. The van der Waals surface area contributed by atoms with E-state index in [4.69, 9.17) is 0 Å². The van der Waals surface area contributed by atoms with Crippen molar-refractivity contribution < 1.29 is 24.9 Å². The van der Waals surface area contributed by atoms with Gasteiger partial charge in [-0.15, -0.1) is 0 Å². The smallest absolute Gasteiger partial charge is 0.172 e. The molecule has 0 unspecified atom stereocenters. The monoisotopic (exact) mass is 94.0 g/mol. The Kier molecular flexibility index (Phi) is 1.36. The molecular formula is CH2O5. The van der Waals surface area contributed by atoms with Crippen LogP contribution in [-0.2, 0) is 24.9 Å². The highest BCUT2D eigenvalue weighted by Crippen LogP contribution is 1.91. The summed E-state index contributed by atoms with van der Waals surface area (Å²) < 4.78 is 0. The first kappa shape index (κ1) is 3.97. The predicted octanol–water partition coefficient (Wildman–Crippen LogP) is -0.299. The Morgan fingerprint density at radius 2 is 1.50 bits per heavy atom. The Labute approximate surface area is 33.0 Å². The minimum atomic E-state index is -0.0694. The minimum Gasteiger partial charge on any atom is -0.172 e. The van der Waals surface area contributed by atoms with Crippen LogP contribution < -0.4 is 0 Å². The topological polar surface area (TPSA) is 46.2 Å². The summed E-state index contributed by atoms with van der Waals surface area (Å²) >= 11 is 0. The van der Waals surface area contributed by atoms with Gasteiger partial charge in [0.1, 0.15) is 0 Å². The van der Waals surface area contributed by atoms with Gasteiger partial charge in [-0.1, -0.05) is 0 Å². The molecule has 0 radical (unpaired) electrons. The molecule has 0 aromatic heterocycles. The van der Waals surface area contributed by atoms with E-state index in [0.717, 1.165) is 0 Å². The van der Waals surface area contributed by atoms with E-state index in [0.29, 0.717) is 0 Å². The van der Waals surface area contributed by atoms with Gasteiger partial charge >= 0.3 is 0 Å². The van der Waals surface area contributed by atoms with Crippen LogP contribution in [0.3, 0.4) is 0 Å². The van der Waals surface area contributed by atoms with Crippen molar-refractivity contribution in [2.75, 3.05) is 6.79 Å². The predicted molar refractivity (Wildman–Crippen MR) is 10.3 cm³/mol. The van der Waals surface area contributed by atoms with Gasteiger partial charge in [-0.3, -0.25) is 0 Å². The van der Waals surface area contributed by atoms with Crippen LogP contribution in [0.2, 0.25) is 0 Å². The molecule has 0 aromatic rings. The fourth-order valence-electron chi connectivity index (χ4n) is 0.110. The van der Waals surface area contributed by atoms with Gasteiger partial charge in [-0.2, -0.15) is 9.78 Å². The Bertz CT molecular complexity index is 19.4. The number of rotatable bonds is 0. The third-order valence-corrected chi connectivity index (χ3v) is 0.248. The average Bonchev–Trinajstić information content (AvgIpc) is 1.72. The van der Waals surface area contributed by atoms with Crippen molar-refractivity contribution >= 4 is 0 Å². The highest BCUT2D eigenvalue weighted by molar-refractivity contribution is 3.71. The van der Waals surface area contributed by atoms with Gasteiger partial charge in [0.05, 0.1) is 0 Å². The van der Waals surface area contributed by atoms with Crippen LogP contribution in [0.4, 0.5) is 0 Å². The maximum absolute atomic E-state index is 4.00. The highest BCUT2D eigenvalue weighted by Gasteiger charge is 1.98. The second kappa shape index (κ2) is 2.06. The lowest BCUT2D eigenvalue weighted by molar-refractivity contribution is -0.769. The van der Waals surface area contributed by atoms with Crippen molar-refractivity contribution in [3.63, 3.8) is 0 Å². The van der Waals surface area contributed by atoms with E-state index in [1.165, 1.54) is 0 Å². The second-order valence-corrected chi connectivity index (χ2v) is 0.558. The fraction of sp³-hybridized carbons (Fsp3) is 1.00. The number of hydrogen-bond acceptors (Lipinski definition) is 5. The molecule has 1 rings (SSSR count). The van der Waals surface area contributed by atoms with E-state index in [1.807, 2.05) is 0 Å². The standard InChI is InChI=1S/CH2O5/c1-2-4-6-5-3-1/h1H2. The van der Waals surface area contributed by atoms with Crippen molar-refractivity contribution in [3.8, 4) is 0 Å². The van der Waals surface area contributed by atoms with E-state index in [-0.39, 0.29) is 6.79 Å². The van der Waals surface area contributed by atoms with Crippen molar-refractivity contribution in [1.82, 2.24) is 0 Å². The van der Waals surface area contributed by atoms with E-state index < -0.39 is 0 Å². The number of hydrogen-bond donors (Lipinski definition) is 0. The largest absolute Gasteiger partial charge is 0.221 e. The molecule has 6 heavy (non-hydrogen) atoms. The molecular weight excluding hydrogens is 92.0 g/mol. The van der Waals surface area contributed by atoms with Crippen molar-refractivity contribution in [3.05, 3.63) is 0 Å². The molecule has 1 heterocycles. The van der Waals surface area contributed by atoms with Gasteiger partial charge in [-0.05, 0) is 15.1 Å². The van der Waals surface area contributed by atoms with Gasteiger partial charge < -0.3 is 0 Å². The Balaban J connectivity index is 2.00. The summed E-state index contributed by atoms with van der Waals surface area (Å²) in [5.74, 6) is 0. The van der Waals surface area contributed by atoms with Crippen molar-refractivity contribution in [2.45, 2.75) is 0 Å². The summed E-state index contributed by atoms with van der Waals surface area (Å²) in [6.07, 6.45) is 0. The SMILES string of the molecule is C1OOOOO1. The van der Waals surface area contributed by atoms with Gasteiger partial charge in [0.15, 0.2) is 0 Å². The molecule has 1 aliphatic rings. The van der Waals surface area contributed by atoms with Crippen LogP contribution in [-0.4, -0.2) is 6.79 Å². The molecule has 36 valence electrons. The molecule has 5 heteroatoms. The molecule has 0 amide bonds. The van der Waals surface area contributed by atoms with Crippen LogP contribution in [0.1, 0.15) is 0 Å². The maximum atomic E-state index is 4.00. The summed E-state index contributed by atoms with van der Waals surface area (Å²) in [7, 11) is 0. The zero-order chi connectivity index (χ0) is 4.24. The third-order valence-electron chi connectivity index (χ3n) is 0.248. The lowest BCUT2D eigenvalue weighted by Gasteiger charge is -2.04. The first-order valence-electron chi connectivity index (χ1n) is 1.24. The molecule has 0 bridgehead atoms. The molecule has 0 N–H and O–H groups in total. The van der Waals surface area contributed by atoms with Crippen LogP contribution in [0.5, 0.6) is 0 Å². The Hall–Kier alpha value is -0.200. The molecule has 1 aliphatic heterocycles. The van der Waals surface area contributed by atoms with Crippen LogP contribution in [0, 0.1) is 0 Å². The van der Waals surface area contributed by atoms with E-state index >= 15 is 0 Å². The second-order valence-electron chi connectivity index (χ2n) is 0.558. The van der Waals surface area contributed by atoms with Crippen LogP contribution >= 0.6 is 0 Å². The normalized spacial score (nSPS) is 24.0. The quantitative estimate of drug-likeness (QED) is 0.385. The van der Waals surface area contributed by atoms with Crippen molar-refractivity contribution in [2.24, 2.45) is 0 Å². The zero-order valence-corrected chi connectivity index (χ0v) is 2.75. The van der Waals surface area contributed by atoms with Crippen LogP contribution in [0.15, 0.2) is 0 Å². The Morgan fingerprint density at radius 3 is 1.67 bits per heavy atom. The van der Waals surface area contributed by atoms with E-state index in [9.17, 15) is 0 Å².